The van der Waals surface area contributed by atoms with Gasteiger partial charge in [0.2, 0.25) is 5.91 Å². The van der Waals surface area contributed by atoms with E-state index in [9.17, 15) is 22.8 Å². The van der Waals surface area contributed by atoms with E-state index < -0.39 is 36.8 Å². The molecule has 2 aromatic carbocycles. The molecule has 0 spiro atoms. The Bertz CT molecular complexity index is 1680. The van der Waals surface area contributed by atoms with Crippen molar-refractivity contribution in [3.05, 3.63) is 77.4 Å². The Balaban J connectivity index is 1.22. The summed E-state index contributed by atoms with van der Waals surface area (Å²) in [6.45, 7) is 1.06. The number of H-pyrrole nitrogens is 1. The van der Waals surface area contributed by atoms with Crippen molar-refractivity contribution in [1.82, 2.24) is 25.0 Å². The van der Waals surface area contributed by atoms with Crippen LogP contribution in [0.2, 0.25) is 0 Å². The van der Waals surface area contributed by atoms with E-state index in [4.69, 9.17) is 4.74 Å². The maximum Gasteiger partial charge on any atom is 0.282 e. The van der Waals surface area contributed by atoms with E-state index >= 15 is 0 Å². The van der Waals surface area contributed by atoms with E-state index in [1.165, 1.54) is 19.2 Å². The number of aryl methyl sites for hydroxylation is 1. The Morgan fingerprint density at radius 1 is 1.12 bits per heavy atom. The number of carbonyl (C=O) groups excluding carboxylic acids is 2. The Morgan fingerprint density at radius 2 is 1.93 bits per heavy atom. The van der Waals surface area contributed by atoms with Crippen LogP contribution in [0.15, 0.2) is 54.7 Å². The van der Waals surface area contributed by atoms with Crippen molar-refractivity contribution in [2.45, 2.75) is 44.7 Å². The van der Waals surface area contributed by atoms with Crippen molar-refractivity contribution in [3.8, 4) is 17.0 Å². The first-order valence-electron chi connectivity index (χ1n) is 14.3. The number of fused-ring (bicyclic) bond motifs is 1. The van der Waals surface area contributed by atoms with Crippen molar-refractivity contribution in [2.75, 3.05) is 26.7 Å². The zero-order valence-electron chi connectivity index (χ0n) is 23.9. The molecule has 4 aromatic rings. The fourth-order valence-electron chi connectivity index (χ4n) is 6.19. The molecule has 0 saturated carbocycles. The minimum atomic E-state index is -2.88. The molecular formula is C32H32F3N5O3. The molecule has 2 aromatic heterocycles. The number of methoxy groups -OCH3 is 1. The molecule has 8 nitrogen and oxygen atoms in total. The summed E-state index contributed by atoms with van der Waals surface area (Å²) in [7, 11) is 1.44. The molecular weight excluding hydrogens is 559 g/mol. The van der Waals surface area contributed by atoms with Gasteiger partial charge < -0.3 is 9.64 Å². The molecule has 0 bridgehead atoms. The van der Waals surface area contributed by atoms with Gasteiger partial charge in [-0.2, -0.15) is 5.10 Å². The number of benzene rings is 2. The number of pyridine rings is 1. The standard InChI is InChI=1S/C32H32F3N5O3/c1-19-12-22(10-11-36-19)30-23-14-21(7-8-26(23)37-38-30)28(41)13-20-6-9-27(31(42)40-17-32(34,35)18-40)39(15-20)16-24-25(33)4-3-5-29(24)43-2/h3-5,7-8,10-12,14,20,27H,6,9,13,15-18H2,1-2H3,(H,37,38)/t20-,27-/m0/s1. The molecule has 2 aliphatic rings. The Labute approximate surface area is 246 Å². The number of aromatic amines is 1. The number of rotatable bonds is 8. The van der Waals surface area contributed by atoms with Gasteiger partial charge in [-0.3, -0.25) is 24.6 Å². The Hall–Kier alpha value is -4.25. The number of ketones is 1. The van der Waals surface area contributed by atoms with Crippen molar-refractivity contribution in [2.24, 2.45) is 5.92 Å². The molecule has 43 heavy (non-hydrogen) atoms. The van der Waals surface area contributed by atoms with E-state index in [1.807, 2.05) is 36.1 Å². The molecule has 2 atom stereocenters. The first-order valence-corrected chi connectivity index (χ1v) is 14.3. The second-order valence-electron chi connectivity index (χ2n) is 11.5. The SMILES string of the molecule is COc1cccc(F)c1CN1C[C@H](CC(=O)c2ccc3[nH]nc(-c4ccnc(C)c4)c3c2)CC[C@H]1C(=O)N1CC(F)(F)C1. The fourth-order valence-corrected chi connectivity index (χ4v) is 6.19. The highest BCUT2D eigenvalue weighted by molar-refractivity contribution is 6.02. The van der Waals surface area contributed by atoms with Crippen molar-refractivity contribution >= 4 is 22.6 Å². The van der Waals surface area contributed by atoms with Gasteiger partial charge in [-0.25, -0.2) is 13.2 Å². The van der Waals surface area contributed by atoms with Crippen LogP contribution >= 0.6 is 0 Å². The van der Waals surface area contributed by atoms with Gasteiger partial charge in [0.25, 0.3) is 5.92 Å². The predicted octanol–water partition coefficient (Wildman–Crippen LogP) is 5.41. The summed E-state index contributed by atoms with van der Waals surface area (Å²) in [4.78, 5) is 34.0. The van der Waals surface area contributed by atoms with Crippen LogP contribution in [0.5, 0.6) is 5.75 Å². The van der Waals surface area contributed by atoms with Crippen LogP contribution in [0.1, 0.15) is 40.9 Å². The molecule has 2 fully saturated rings. The monoisotopic (exact) mass is 591 g/mol. The van der Waals surface area contributed by atoms with Crippen LogP contribution in [0.3, 0.4) is 0 Å². The van der Waals surface area contributed by atoms with Gasteiger partial charge in [0.05, 0.1) is 31.8 Å². The van der Waals surface area contributed by atoms with Crippen molar-refractivity contribution in [3.63, 3.8) is 0 Å². The number of alkyl halides is 2. The van der Waals surface area contributed by atoms with Crippen molar-refractivity contribution < 1.29 is 27.5 Å². The molecule has 2 saturated heterocycles. The first kappa shape index (κ1) is 28.9. The lowest BCUT2D eigenvalue weighted by molar-refractivity contribution is -0.172. The quantitative estimate of drug-likeness (QED) is 0.276. The number of nitrogens with one attached hydrogen (secondary N) is 1. The summed E-state index contributed by atoms with van der Waals surface area (Å²) >= 11 is 0. The number of nitrogens with zero attached hydrogens (tertiary/aromatic N) is 4. The zero-order valence-corrected chi connectivity index (χ0v) is 23.9. The molecule has 224 valence electrons. The second kappa shape index (κ2) is 11.4. The lowest BCUT2D eigenvalue weighted by Gasteiger charge is -2.45. The predicted molar refractivity (Wildman–Crippen MR) is 154 cm³/mol. The number of hydrogen-bond donors (Lipinski definition) is 1. The number of ether oxygens (including phenoxy) is 1. The highest BCUT2D eigenvalue weighted by atomic mass is 19.3. The molecule has 1 N–H and O–H groups in total. The van der Waals surface area contributed by atoms with Gasteiger partial charge in [-0.15, -0.1) is 0 Å². The van der Waals surface area contributed by atoms with E-state index in [1.54, 1.807) is 18.3 Å². The minimum absolute atomic E-state index is 0.0524. The number of amides is 1. The average molecular weight is 592 g/mol. The molecule has 4 heterocycles. The number of Topliss-reactive ketones (excluding diaryl/α,β-unsaturated/α-hetero) is 1. The van der Waals surface area contributed by atoms with Gasteiger partial charge in [-0.05, 0) is 68.1 Å². The average Bonchev–Trinajstić information content (AvgIpc) is 3.40. The second-order valence-corrected chi connectivity index (χ2v) is 11.5. The third-order valence-electron chi connectivity index (χ3n) is 8.41. The number of piperidine rings is 1. The maximum absolute atomic E-state index is 14.9. The smallest absolute Gasteiger partial charge is 0.282 e. The third kappa shape index (κ3) is 5.86. The Morgan fingerprint density at radius 3 is 2.67 bits per heavy atom. The summed E-state index contributed by atoms with van der Waals surface area (Å²) < 4.78 is 47.4. The highest BCUT2D eigenvalue weighted by Crippen LogP contribution is 2.35. The van der Waals surface area contributed by atoms with Crippen LogP contribution in [0, 0.1) is 18.7 Å². The van der Waals surface area contributed by atoms with E-state index in [0.29, 0.717) is 30.7 Å². The molecule has 6 rings (SSSR count). The summed E-state index contributed by atoms with van der Waals surface area (Å²) in [5, 5.41) is 8.31. The fraction of sp³-hybridized carbons (Fsp3) is 0.375. The number of likely N-dealkylation sites (tertiary alicyclic amines) is 2. The van der Waals surface area contributed by atoms with Gasteiger partial charge >= 0.3 is 0 Å². The highest BCUT2D eigenvalue weighted by Gasteiger charge is 2.49. The number of aromatic nitrogens is 3. The van der Waals surface area contributed by atoms with Crippen LogP contribution in [0.25, 0.3) is 22.2 Å². The summed E-state index contributed by atoms with van der Waals surface area (Å²) in [5.41, 5.74) is 4.12. The van der Waals surface area contributed by atoms with Gasteiger partial charge in [0, 0.05) is 53.5 Å². The molecule has 0 radical (unpaired) electrons. The summed E-state index contributed by atoms with van der Waals surface area (Å²) in [5.74, 6) is -3.59. The largest absolute Gasteiger partial charge is 0.496 e. The van der Waals surface area contributed by atoms with Crippen LogP contribution < -0.4 is 4.74 Å². The molecule has 11 heteroatoms. The summed E-state index contributed by atoms with van der Waals surface area (Å²) in [6, 6.07) is 13.1. The van der Waals surface area contributed by atoms with E-state index in [-0.39, 0.29) is 30.2 Å². The van der Waals surface area contributed by atoms with Gasteiger partial charge in [0.1, 0.15) is 17.3 Å². The minimum Gasteiger partial charge on any atom is -0.496 e. The molecule has 0 unspecified atom stereocenters. The number of hydrogen-bond acceptors (Lipinski definition) is 6. The van der Waals surface area contributed by atoms with E-state index in [0.717, 1.165) is 32.8 Å². The molecule has 2 aliphatic heterocycles. The lowest BCUT2D eigenvalue weighted by Crippen LogP contribution is -2.63. The molecule has 1 amide bonds. The number of halogens is 3. The summed E-state index contributed by atoms with van der Waals surface area (Å²) in [6.07, 6.45) is 2.88. The lowest BCUT2D eigenvalue weighted by atomic mass is 9.86. The van der Waals surface area contributed by atoms with Crippen molar-refractivity contribution in [1.29, 1.82) is 0 Å². The van der Waals surface area contributed by atoms with Crippen LogP contribution in [-0.4, -0.2) is 75.4 Å². The van der Waals surface area contributed by atoms with Gasteiger partial charge in [-0.1, -0.05) is 6.07 Å². The zero-order chi connectivity index (χ0) is 30.3. The van der Waals surface area contributed by atoms with Gasteiger partial charge in [0.15, 0.2) is 5.78 Å². The topological polar surface area (TPSA) is 91.4 Å². The third-order valence-corrected chi connectivity index (χ3v) is 8.41. The molecule has 0 aliphatic carbocycles. The maximum atomic E-state index is 14.9. The van der Waals surface area contributed by atoms with Crippen LogP contribution in [-0.2, 0) is 11.3 Å². The number of carbonyl (C=O) groups is 2. The van der Waals surface area contributed by atoms with Crippen LogP contribution in [0.4, 0.5) is 13.2 Å². The van der Waals surface area contributed by atoms with E-state index in [2.05, 4.69) is 15.2 Å². The first-order chi connectivity index (χ1) is 20.6. The Kier molecular flexibility index (Phi) is 7.68. The normalized spacial score (nSPS) is 20.2.